The van der Waals surface area contributed by atoms with E-state index in [1.807, 2.05) is 6.08 Å². The van der Waals surface area contributed by atoms with Gasteiger partial charge in [0.25, 0.3) is 0 Å². The Bertz CT molecular complexity index is 2400. The number of aliphatic imine (C=N–C) groups is 2. The number of nitrogens with zero attached hydrogens (tertiary/aromatic N) is 3. The van der Waals surface area contributed by atoms with Gasteiger partial charge in [-0.15, -0.1) is 0 Å². The minimum absolute atomic E-state index is 0.0256. The molecule has 7 heterocycles. The van der Waals surface area contributed by atoms with Gasteiger partial charge in [0.15, 0.2) is 24.3 Å². The van der Waals surface area contributed by atoms with Gasteiger partial charge in [-0.2, -0.15) is 0 Å². The van der Waals surface area contributed by atoms with Crippen molar-refractivity contribution in [3.63, 3.8) is 0 Å². The zero-order valence-corrected chi connectivity index (χ0v) is 44.9. The molecule has 16 N–H and O–H groups in total. The topological polar surface area (TPSA) is 378 Å². The number of nitrogens with two attached hydrogens (primary N) is 2. The van der Waals surface area contributed by atoms with Crippen LogP contribution in [0.15, 0.2) is 68.7 Å². The summed E-state index contributed by atoms with van der Waals surface area (Å²) in [7, 11) is 7.40. The predicted octanol–water partition coefficient (Wildman–Crippen LogP) is -2.26. The number of guanidine groups is 2. The van der Waals surface area contributed by atoms with E-state index in [9.17, 15) is 50.8 Å². The van der Waals surface area contributed by atoms with Crippen LogP contribution in [0.5, 0.6) is 0 Å². The van der Waals surface area contributed by atoms with Gasteiger partial charge in [0.05, 0.1) is 60.1 Å². The smallest absolute Gasteiger partial charge is 0.339 e. The lowest BCUT2D eigenvalue weighted by Gasteiger charge is -2.48. The van der Waals surface area contributed by atoms with E-state index >= 15 is 4.79 Å². The first-order chi connectivity index (χ1) is 36.6. The Morgan fingerprint density at radius 2 is 1.95 bits per heavy atom. The van der Waals surface area contributed by atoms with E-state index in [0.29, 0.717) is 49.3 Å². The Balaban J connectivity index is 1.39. The molecular formula is C48H68N8O16S4. The molecule has 24 nitrogen and oxygen atoms in total. The third kappa shape index (κ3) is 12.6. The summed E-state index contributed by atoms with van der Waals surface area (Å²) < 4.78 is 30.2. The Labute approximate surface area is 455 Å². The zero-order valence-electron chi connectivity index (χ0n) is 41.6. The minimum Gasteiger partial charge on any atom is -0.478 e. The number of carboxylic acid groups (broad SMARTS) is 1. The largest absolute Gasteiger partial charge is 0.478 e. The van der Waals surface area contributed by atoms with Gasteiger partial charge >= 0.3 is 11.9 Å². The normalized spacial score (nSPS) is 37.0. The number of hydrogen-bond acceptors (Lipinski definition) is 25. The van der Waals surface area contributed by atoms with Gasteiger partial charge in [-0.3, -0.25) is 15.3 Å². The molecule has 7 aliphatic heterocycles. The van der Waals surface area contributed by atoms with Crippen LogP contribution in [0.25, 0.3) is 0 Å². The van der Waals surface area contributed by atoms with Crippen molar-refractivity contribution < 1.29 is 79.2 Å². The second-order valence-corrected chi connectivity index (χ2v) is 24.7. The van der Waals surface area contributed by atoms with Gasteiger partial charge in [0, 0.05) is 74.0 Å². The van der Waals surface area contributed by atoms with Gasteiger partial charge in [-0.05, 0) is 56.7 Å². The molecule has 2 fully saturated rings. The first kappa shape index (κ1) is 58.4. The van der Waals surface area contributed by atoms with E-state index < -0.39 is 109 Å². The lowest BCUT2D eigenvalue weighted by atomic mass is 9.76. The summed E-state index contributed by atoms with van der Waals surface area (Å²) in [6, 6.07) is -1.06. The number of rotatable bonds is 16. The van der Waals surface area contributed by atoms with Crippen LogP contribution in [0.1, 0.15) is 32.1 Å². The molecular weight excluding hydrogens is 1070 g/mol. The number of aliphatic hydroxyl groups excluding tert-OH is 6. The van der Waals surface area contributed by atoms with Crippen molar-refractivity contribution in [2.75, 3.05) is 71.2 Å². The summed E-state index contributed by atoms with van der Waals surface area (Å²) in [6.45, 7) is -1.81. The fraction of sp³-hybridized carbons (Fsp3) is 0.667. The minimum atomic E-state index is -3.15. The summed E-state index contributed by atoms with van der Waals surface area (Å²) in [4.78, 5) is 39.3. The Morgan fingerprint density at radius 1 is 1.13 bits per heavy atom. The average Bonchev–Trinajstić information content (AvgIpc) is 3.87. The van der Waals surface area contributed by atoms with Crippen LogP contribution in [0.2, 0.25) is 0 Å². The summed E-state index contributed by atoms with van der Waals surface area (Å²) in [5.74, 6) is -0.0140. The van der Waals surface area contributed by atoms with E-state index in [-0.39, 0.29) is 84.9 Å². The number of allylic oxidation sites excluding steroid dienone is 1. The monoisotopic (exact) mass is 1140 g/mol. The highest BCUT2D eigenvalue weighted by molar-refractivity contribution is 8.79. The highest BCUT2D eigenvalue weighted by Gasteiger charge is 2.59. The quantitative estimate of drug-likeness (QED) is 0.0113. The number of carbonyl (C=O) groups excluding carboxylic acids is 1. The summed E-state index contributed by atoms with van der Waals surface area (Å²) in [5.41, 5.74) is 13.1. The summed E-state index contributed by atoms with van der Waals surface area (Å²) in [5, 5.41) is 106. The Kier molecular flexibility index (Phi) is 20.0. The number of nitrogens with one attached hydrogen (secondary N) is 3. The third-order valence-electron chi connectivity index (χ3n) is 14.7. The Hall–Kier alpha value is -3.74. The maximum absolute atomic E-state index is 15.2. The number of aliphatic hydroxyl groups is 8. The number of hydrogen-bond donors (Lipinski definition) is 14. The molecule has 6 bridgehead atoms. The highest BCUT2D eigenvalue weighted by Crippen LogP contribution is 2.54. The van der Waals surface area contributed by atoms with Gasteiger partial charge in [-0.1, -0.05) is 67.2 Å². The summed E-state index contributed by atoms with van der Waals surface area (Å²) in [6.07, 6.45) is -0.868. The van der Waals surface area contributed by atoms with Gasteiger partial charge in [-0.25, -0.2) is 9.59 Å². The number of aliphatic carboxylic acids is 1. The zero-order chi connectivity index (χ0) is 54.3. The maximum atomic E-state index is 15.2. The van der Waals surface area contributed by atoms with Crippen molar-refractivity contribution in [3.05, 3.63) is 58.7 Å². The number of carboxylic acids is 1. The Morgan fingerprint density at radius 3 is 2.66 bits per heavy atom. The van der Waals surface area contributed by atoms with Crippen molar-refractivity contribution in [1.29, 1.82) is 0 Å². The van der Waals surface area contributed by atoms with Crippen LogP contribution in [0.4, 0.5) is 0 Å². The van der Waals surface area contributed by atoms with Gasteiger partial charge < -0.3 is 96.6 Å². The lowest BCUT2D eigenvalue weighted by molar-refractivity contribution is -0.416. The van der Waals surface area contributed by atoms with Crippen LogP contribution in [0, 0.1) is 35.5 Å². The maximum Gasteiger partial charge on any atom is 0.339 e. The van der Waals surface area contributed by atoms with E-state index in [0.717, 1.165) is 0 Å². The molecule has 0 amide bonds. The molecule has 0 unspecified atom stereocenters. The van der Waals surface area contributed by atoms with E-state index in [1.165, 1.54) is 62.7 Å². The van der Waals surface area contributed by atoms with Gasteiger partial charge in [0.2, 0.25) is 12.1 Å². The van der Waals surface area contributed by atoms with Gasteiger partial charge in [0.1, 0.15) is 29.3 Å². The van der Waals surface area contributed by atoms with E-state index in [2.05, 4.69) is 37.8 Å². The number of ether oxygens (including phenoxy) is 5. The van der Waals surface area contributed by atoms with Crippen molar-refractivity contribution in [3.8, 4) is 11.8 Å². The molecule has 1 saturated heterocycles. The SMILES string of the molecule is CN[C@@H](CO)O[C@H]1[C@H](O[C@@H]2OC=C3C(=O)O[C@H]4CC[C@H](CO)[C@@H]4CSS[C@@H]4[C@@H](CO)N5C=C(C(=O)O)C(NC(N)=NCCCO)=C(/C=C6\C#C[C@]4(C[C@@H]4CCN=C(N)N4)SSC/C=C/[C@@H]2[C@@H]36)C5)O[C@H](CO)[C@@H](O)C1(O)O. The summed E-state index contributed by atoms with van der Waals surface area (Å²) >= 11 is 0. The predicted molar refractivity (Wildman–Crippen MR) is 284 cm³/mol. The third-order valence-corrected chi connectivity index (χ3v) is 20.7. The second kappa shape index (κ2) is 26.0. The van der Waals surface area contributed by atoms with Crippen LogP contribution < -0.4 is 27.4 Å². The van der Waals surface area contributed by atoms with Crippen molar-refractivity contribution >= 4 is 67.0 Å². The average molecular weight is 1140 g/mol. The van der Waals surface area contributed by atoms with Crippen molar-refractivity contribution in [1.82, 2.24) is 20.9 Å². The molecule has 1 saturated carbocycles. The number of carbonyl (C=O) groups is 2. The lowest BCUT2D eigenvalue weighted by Crippen LogP contribution is -2.69. The molecule has 0 aromatic rings. The van der Waals surface area contributed by atoms with Crippen molar-refractivity contribution in [2.24, 2.45) is 45.1 Å². The highest BCUT2D eigenvalue weighted by atomic mass is 33.1. The fourth-order valence-electron chi connectivity index (χ4n) is 10.7. The molecule has 15 atom stereocenters. The van der Waals surface area contributed by atoms with Crippen molar-refractivity contribution in [2.45, 2.75) is 103 Å². The molecule has 1 aliphatic carbocycles. The first-order valence-electron chi connectivity index (χ1n) is 25.0. The van der Waals surface area contributed by atoms with E-state index in [4.69, 9.17) is 35.2 Å². The van der Waals surface area contributed by atoms with Crippen LogP contribution in [-0.2, 0) is 33.3 Å². The number of fused-ring (bicyclic) bond motifs is 3. The van der Waals surface area contributed by atoms with E-state index in [1.54, 1.807) is 17.1 Å². The number of esters is 1. The molecule has 0 spiro atoms. The molecule has 28 heteroatoms. The molecule has 8 aliphatic rings. The fourth-order valence-corrected chi connectivity index (χ4v) is 17.7. The molecule has 420 valence electrons. The first-order valence-corrected chi connectivity index (χ1v) is 29.8. The van der Waals surface area contributed by atoms with Crippen LogP contribution in [0.3, 0.4) is 0 Å². The molecule has 0 radical (unpaired) electrons. The molecule has 0 aromatic carbocycles. The number of likely N-dealkylation sites (N-methyl/N-ethyl adjacent to an activating group) is 1. The van der Waals surface area contributed by atoms with Crippen LogP contribution in [-0.4, -0.2) is 217 Å². The van der Waals surface area contributed by atoms with Crippen LogP contribution >= 0.6 is 43.2 Å². The molecule has 8 rings (SSSR count). The second-order valence-electron chi connectivity index (χ2n) is 19.4. The standard InChI is InChI=1S/C48H68N8O16S4/c1-51-35(21-61)71-39-44(70-34(20-60)38(62)48(39,66)67)72-43-28-4-2-13-73-76-47(15-27-8-11-53-45(49)54-27)9-7-24-14-26-16-56(17-29(41(63)64)37(26)55-46(50)52-10-3-12-57)32(19-59)40(47)75-74-23-31-25(18-58)5-6-33(31)69-42(65)30(22-68-43)36(24)28/h2,4,14,17,22,25,27-28,31-36,38-40,43-44,51,57-62,66-67H,3,5-6,8,10-13,15-16,18-21,23H2,1H3,(H,63,64)(H3,49,53,54)(H3,50,52,55)/b4-2+,24-14+/t25-,27+,28-,31+,32-,33+,34-,35-,36+,38-,39+,40-,43+,44+,47-/m1/s1. The molecule has 76 heavy (non-hydrogen) atoms. The molecule has 0 aromatic heterocycles.